The minimum atomic E-state index is -0.772. The minimum absolute atomic E-state index is 0.0446. The molecule has 3 nitrogen and oxygen atoms in total. The molecule has 1 saturated heterocycles. The van der Waals surface area contributed by atoms with Gasteiger partial charge in [-0.1, -0.05) is 42.5 Å². The summed E-state index contributed by atoms with van der Waals surface area (Å²) in [5, 5.41) is 11.1. The molecule has 0 spiro atoms. The number of benzene rings is 2. The Morgan fingerprint density at radius 3 is 2.48 bits per heavy atom. The van der Waals surface area contributed by atoms with Crippen LogP contribution in [-0.2, 0) is 4.79 Å². The Morgan fingerprint density at radius 2 is 1.78 bits per heavy atom. The van der Waals surface area contributed by atoms with Crippen molar-refractivity contribution in [2.45, 2.75) is 24.5 Å². The Morgan fingerprint density at radius 1 is 1.07 bits per heavy atom. The summed E-state index contributed by atoms with van der Waals surface area (Å²) in [5.74, 6) is -0.273. The summed E-state index contributed by atoms with van der Waals surface area (Å²) in [6, 6.07) is 19.7. The van der Waals surface area contributed by atoms with Crippen LogP contribution in [0.1, 0.15) is 28.9 Å². The fourth-order valence-electron chi connectivity index (χ4n) is 3.79. The Labute approximate surface area is 161 Å². The van der Waals surface area contributed by atoms with E-state index in [0.717, 1.165) is 20.9 Å². The fraction of sp³-hybridized carbons (Fsp3) is 0.227. The number of amides is 1. The number of halogens is 1. The molecule has 5 heteroatoms. The van der Waals surface area contributed by atoms with E-state index in [0.29, 0.717) is 6.42 Å². The van der Waals surface area contributed by atoms with E-state index in [-0.39, 0.29) is 23.7 Å². The summed E-state index contributed by atoms with van der Waals surface area (Å²) >= 11 is 1.48. The normalized spacial score (nSPS) is 20.9. The molecule has 3 aromatic rings. The molecule has 2 aromatic carbocycles. The van der Waals surface area contributed by atoms with Gasteiger partial charge in [0.2, 0.25) is 5.91 Å². The number of aliphatic hydroxyl groups is 1. The van der Waals surface area contributed by atoms with Crippen molar-refractivity contribution in [1.29, 1.82) is 0 Å². The molecule has 27 heavy (non-hydrogen) atoms. The Hall–Kier alpha value is -2.50. The third-order valence-corrected chi connectivity index (χ3v) is 6.45. The largest absolute Gasteiger partial charge is 0.385 e. The van der Waals surface area contributed by atoms with Gasteiger partial charge in [-0.15, -0.1) is 11.3 Å². The average molecular weight is 381 g/mol. The third kappa shape index (κ3) is 3.40. The van der Waals surface area contributed by atoms with Gasteiger partial charge < -0.3 is 10.0 Å². The molecule has 1 aliphatic heterocycles. The van der Waals surface area contributed by atoms with Crippen LogP contribution in [0, 0.1) is 5.82 Å². The van der Waals surface area contributed by atoms with Crippen LogP contribution in [0.4, 0.5) is 4.39 Å². The maximum absolute atomic E-state index is 13.2. The summed E-state index contributed by atoms with van der Waals surface area (Å²) in [6.45, 7) is 0. The number of hydrogen-bond acceptors (Lipinski definition) is 3. The molecule has 3 atom stereocenters. The van der Waals surface area contributed by atoms with Gasteiger partial charge in [0.15, 0.2) is 0 Å². The van der Waals surface area contributed by atoms with Crippen LogP contribution in [0.5, 0.6) is 0 Å². The highest BCUT2D eigenvalue weighted by atomic mass is 32.1. The summed E-state index contributed by atoms with van der Waals surface area (Å²) in [5.41, 5.74) is 1.98. The van der Waals surface area contributed by atoms with Gasteiger partial charge in [0.05, 0.1) is 6.04 Å². The molecule has 1 N–H and O–H groups in total. The standard InChI is InChI=1S/C22H20FNO2S/c1-24-20(25)13-17(14-5-3-2-4-6-14)21(24)22(26)19-12-11-18(27-19)15-7-9-16(23)10-8-15/h2-12,17,21-22,26H,13H2,1H3. The number of hydrogen-bond donors (Lipinski definition) is 1. The van der Waals surface area contributed by atoms with Gasteiger partial charge in [0.1, 0.15) is 11.9 Å². The fourth-order valence-corrected chi connectivity index (χ4v) is 4.83. The number of carbonyl (C=O) groups is 1. The minimum Gasteiger partial charge on any atom is -0.385 e. The first-order valence-corrected chi connectivity index (χ1v) is 9.70. The van der Waals surface area contributed by atoms with Crippen LogP contribution >= 0.6 is 11.3 Å². The van der Waals surface area contributed by atoms with Gasteiger partial charge in [-0.3, -0.25) is 4.79 Å². The Kier molecular flexibility index (Phi) is 4.81. The van der Waals surface area contributed by atoms with Crippen molar-refractivity contribution in [3.63, 3.8) is 0 Å². The lowest BCUT2D eigenvalue weighted by molar-refractivity contribution is -0.128. The molecule has 0 bridgehead atoms. The molecule has 1 amide bonds. The molecule has 1 aromatic heterocycles. The molecule has 3 unspecified atom stereocenters. The number of thiophene rings is 1. The van der Waals surface area contributed by atoms with Crippen LogP contribution < -0.4 is 0 Å². The molecule has 1 aliphatic rings. The summed E-state index contributed by atoms with van der Waals surface area (Å²) < 4.78 is 13.2. The number of aliphatic hydroxyl groups excluding tert-OH is 1. The van der Waals surface area contributed by atoms with E-state index in [1.165, 1.54) is 23.5 Å². The first kappa shape index (κ1) is 17.9. The van der Waals surface area contributed by atoms with Gasteiger partial charge in [0, 0.05) is 29.1 Å². The van der Waals surface area contributed by atoms with Crippen LogP contribution in [0.2, 0.25) is 0 Å². The number of likely N-dealkylation sites (tertiary alicyclic amines) is 1. The van der Waals surface area contributed by atoms with Gasteiger partial charge in [-0.05, 0) is 35.4 Å². The van der Waals surface area contributed by atoms with E-state index in [4.69, 9.17) is 0 Å². The van der Waals surface area contributed by atoms with Crippen molar-refractivity contribution in [2.75, 3.05) is 7.05 Å². The molecule has 138 valence electrons. The molecule has 2 heterocycles. The Balaban J connectivity index is 1.63. The van der Waals surface area contributed by atoms with Crippen molar-refractivity contribution < 1.29 is 14.3 Å². The van der Waals surface area contributed by atoms with Gasteiger partial charge in [0.25, 0.3) is 0 Å². The predicted molar refractivity (Wildman–Crippen MR) is 105 cm³/mol. The molecular formula is C22H20FNO2S. The second kappa shape index (κ2) is 7.25. The quantitative estimate of drug-likeness (QED) is 0.717. The lowest BCUT2D eigenvalue weighted by Gasteiger charge is -2.29. The van der Waals surface area contributed by atoms with Crippen LogP contribution in [-0.4, -0.2) is 29.0 Å². The van der Waals surface area contributed by atoms with Crippen molar-refractivity contribution >= 4 is 17.2 Å². The molecule has 4 rings (SSSR count). The van der Waals surface area contributed by atoms with Crippen LogP contribution in [0.25, 0.3) is 10.4 Å². The van der Waals surface area contributed by atoms with Crippen LogP contribution in [0.15, 0.2) is 66.7 Å². The highest BCUT2D eigenvalue weighted by molar-refractivity contribution is 7.15. The number of rotatable bonds is 4. The first-order chi connectivity index (χ1) is 13.0. The Bertz CT molecular complexity index is 938. The molecular weight excluding hydrogens is 361 g/mol. The lowest BCUT2D eigenvalue weighted by atomic mass is 9.88. The van der Waals surface area contributed by atoms with Gasteiger partial charge in [-0.25, -0.2) is 4.39 Å². The molecule has 0 radical (unpaired) electrons. The summed E-state index contributed by atoms with van der Waals surface area (Å²) in [4.78, 5) is 15.8. The van der Waals surface area contributed by atoms with E-state index in [2.05, 4.69) is 0 Å². The average Bonchev–Trinajstić information content (AvgIpc) is 3.28. The zero-order valence-electron chi connectivity index (χ0n) is 14.9. The van der Waals surface area contributed by atoms with Crippen LogP contribution in [0.3, 0.4) is 0 Å². The second-order valence-electron chi connectivity index (χ2n) is 6.87. The topological polar surface area (TPSA) is 40.5 Å². The predicted octanol–water partition coefficient (Wildman–Crippen LogP) is 4.60. The smallest absolute Gasteiger partial charge is 0.223 e. The van der Waals surface area contributed by atoms with E-state index in [9.17, 15) is 14.3 Å². The van der Waals surface area contributed by atoms with E-state index in [1.807, 2.05) is 42.5 Å². The van der Waals surface area contributed by atoms with E-state index in [1.54, 1.807) is 24.1 Å². The number of likely N-dealkylation sites (N-methyl/N-ethyl adjacent to an activating group) is 1. The van der Waals surface area contributed by atoms with E-state index < -0.39 is 6.10 Å². The third-order valence-electron chi connectivity index (χ3n) is 5.25. The highest BCUT2D eigenvalue weighted by Gasteiger charge is 2.43. The van der Waals surface area contributed by atoms with Crippen molar-refractivity contribution in [3.05, 3.63) is 83.0 Å². The number of nitrogens with zero attached hydrogens (tertiary/aromatic N) is 1. The lowest BCUT2D eigenvalue weighted by Crippen LogP contribution is -2.36. The molecule has 0 aliphatic carbocycles. The molecule has 0 saturated carbocycles. The SMILES string of the molecule is CN1C(=O)CC(c2ccccc2)C1C(O)c1ccc(-c2ccc(F)cc2)s1. The van der Waals surface area contributed by atoms with Gasteiger partial charge >= 0.3 is 0 Å². The molecule has 1 fully saturated rings. The zero-order valence-corrected chi connectivity index (χ0v) is 15.7. The zero-order chi connectivity index (χ0) is 19.0. The summed E-state index contributed by atoms with van der Waals surface area (Å²) in [6.07, 6.45) is -0.371. The maximum atomic E-state index is 13.2. The van der Waals surface area contributed by atoms with Crippen molar-refractivity contribution in [2.24, 2.45) is 0 Å². The van der Waals surface area contributed by atoms with Gasteiger partial charge in [-0.2, -0.15) is 0 Å². The summed E-state index contributed by atoms with van der Waals surface area (Å²) in [7, 11) is 1.76. The van der Waals surface area contributed by atoms with Crippen molar-refractivity contribution in [1.82, 2.24) is 4.90 Å². The maximum Gasteiger partial charge on any atom is 0.223 e. The highest BCUT2D eigenvalue weighted by Crippen LogP contribution is 2.42. The van der Waals surface area contributed by atoms with Crippen molar-refractivity contribution in [3.8, 4) is 10.4 Å². The second-order valence-corrected chi connectivity index (χ2v) is 7.99. The monoisotopic (exact) mass is 381 g/mol. The number of carbonyl (C=O) groups excluding carboxylic acids is 1. The first-order valence-electron chi connectivity index (χ1n) is 8.89. The van der Waals surface area contributed by atoms with E-state index >= 15 is 0 Å².